The summed E-state index contributed by atoms with van der Waals surface area (Å²) in [5, 5.41) is 34.8. The molecule has 0 spiro atoms. The minimum atomic E-state index is -1.86. The zero-order valence-electron chi connectivity index (χ0n) is 6.91. The Morgan fingerprint density at radius 3 is 1.83 bits per heavy atom. The summed E-state index contributed by atoms with van der Waals surface area (Å²) in [6.45, 7) is 1.29. The van der Waals surface area contributed by atoms with Gasteiger partial charge in [0.25, 0.3) is 0 Å². The lowest BCUT2D eigenvalue weighted by molar-refractivity contribution is -0.305. The summed E-state index contributed by atoms with van der Waals surface area (Å²) in [5.41, 5.74) is 0. The SMILES string of the molecule is COC(OC(O)[C@H](C)O)C(O)O. The van der Waals surface area contributed by atoms with Gasteiger partial charge in [0.2, 0.25) is 12.6 Å². The van der Waals surface area contributed by atoms with Crippen molar-refractivity contribution >= 4 is 0 Å². The number of aliphatic hydroxyl groups excluding tert-OH is 3. The van der Waals surface area contributed by atoms with Crippen LogP contribution in [-0.4, -0.2) is 52.5 Å². The second kappa shape index (κ2) is 5.41. The summed E-state index contributed by atoms with van der Waals surface area (Å²) in [6.07, 6.45) is -5.85. The Hall–Kier alpha value is -0.240. The maximum Gasteiger partial charge on any atom is 0.211 e. The van der Waals surface area contributed by atoms with Gasteiger partial charge in [0.15, 0.2) is 6.29 Å². The van der Waals surface area contributed by atoms with E-state index < -0.39 is 25.0 Å². The van der Waals surface area contributed by atoms with Crippen LogP contribution < -0.4 is 0 Å². The zero-order chi connectivity index (χ0) is 9.72. The predicted octanol–water partition coefficient (Wildman–Crippen LogP) is -2.01. The van der Waals surface area contributed by atoms with Crippen LogP contribution in [0.15, 0.2) is 0 Å². The first kappa shape index (κ1) is 11.8. The van der Waals surface area contributed by atoms with Gasteiger partial charge in [-0.3, -0.25) is 0 Å². The average Bonchev–Trinajstić information content (AvgIpc) is 1.98. The van der Waals surface area contributed by atoms with Gasteiger partial charge in [0, 0.05) is 7.11 Å². The molecule has 0 rings (SSSR count). The van der Waals surface area contributed by atoms with E-state index in [1.165, 1.54) is 14.0 Å². The van der Waals surface area contributed by atoms with Crippen molar-refractivity contribution in [1.82, 2.24) is 0 Å². The van der Waals surface area contributed by atoms with E-state index in [9.17, 15) is 0 Å². The van der Waals surface area contributed by atoms with Gasteiger partial charge in [0.1, 0.15) is 6.10 Å². The summed E-state index contributed by atoms with van der Waals surface area (Å²) in [7, 11) is 1.18. The van der Waals surface area contributed by atoms with E-state index in [0.717, 1.165) is 0 Å². The first-order chi connectivity index (χ1) is 5.49. The van der Waals surface area contributed by atoms with E-state index in [0.29, 0.717) is 0 Å². The molecule has 0 radical (unpaired) electrons. The Kier molecular flexibility index (Phi) is 5.31. The lowest BCUT2D eigenvalue weighted by Crippen LogP contribution is -2.38. The topological polar surface area (TPSA) is 99.4 Å². The molecule has 4 N–H and O–H groups in total. The molecule has 0 aliphatic heterocycles. The maximum absolute atomic E-state index is 8.90. The smallest absolute Gasteiger partial charge is 0.211 e. The number of methoxy groups -OCH3 is 1. The summed E-state index contributed by atoms with van der Waals surface area (Å²) in [6, 6.07) is 0. The molecular formula is C6H14O6. The molecule has 0 aliphatic carbocycles. The van der Waals surface area contributed by atoms with Crippen LogP contribution in [0.3, 0.4) is 0 Å². The van der Waals surface area contributed by atoms with Gasteiger partial charge in [-0.1, -0.05) is 0 Å². The van der Waals surface area contributed by atoms with Crippen molar-refractivity contribution in [2.24, 2.45) is 0 Å². The zero-order valence-corrected chi connectivity index (χ0v) is 6.91. The summed E-state index contributed by atoms with van der Waals surface area (Å²) < 4.78 is 8.94. The lowest BCUT2D eigenvalue weighted by atomic mass is 10.4. The molecule has 0 aromatic rings. The van der Waals surface area contributed by atoms with Crippen LogP contribution in [-0.2, 0) is 9.47 Å². The Bertz CT molecular complexity index is 115. The second-order valence-corrected chi connectivity index (χ2v) is 2.28. The van der Waals surface area contributed by atoms with E-state index >= 15 is 0 Å². The minimum absolute atomic E-state index is 1.12. The van der Waals surface area contributed by atoms with Crippen LogP contribution in [0.4, 0.5) is 0 Å². The molecule has 0 bridgehead atoms. The molecular weight excluding hydrogens is 168 g/mol. The van der Waals surface area contributed by atoms with Gasteiger partial charge in [-0.25, -0.2) is 0 Å². The fourth-order valence-electron chi connectivity index (χ4n) is 0.499. The van der Waals surface area contributed by atoms with Crippen molar-refractivity contribution in [3.8, 4) is 0 Å². The quantitative estimate of drug-likeness (QED) is 0.366. The lowest BCUT2D eigenvalue weighted by Gasteiger charge is -2.22. The van der Waals surface area contributed by atoms with E-state index in [1.54, 1.807) is 0 Å². The van der Waals surface area contributed by atoms with Gasteiger partial charge in [-0.2, -0.15) is 0 Å². The van der Waals surface area contributed by atoms with Crippen LogP contribution in [0.2, 0.25) is 0 Å². The highest BCUT2D eigenvalue weighted by Gasteiger charge is 2.22. The van der Waals surface area contributed by atoms with Crippen LogP contribution in [0.1, 0.15) is 6.92 Å². The molecule has 0 aliphatic rings. The molecule has 0 saturated heterocycles. The van der Waals surface area contributed by atoms with Crippen LogP contribution in [0.5, 0.6) is 0 Å². The minimum Gasteiger partial charge on any atom is -0.388 e. The third-order valence-electron chi connectivity index (χ3n) is 1.16. The first-order valence-electron chi connectivity index (χ1n) is 3.39. The highest BCUT2D eigenvalue weighted by atomic mass is 16.7. The van der Waals surface area contributed by atoms with Gasteiger partial charge in [-0.15, -0.1) is 0 Å². The molecule has 6 heteroatoms. The molecule has 0 aromatic heterocycles. The van der Waals surface area contributed by atoms with E-state index in [2.05, 4.69) is 9.47 Å². The third-order valence-corrected chi connectivity index (χ3v) is 1.16. The molecule has 0 heterocycles. The van der Waals surface area contributed by atoms with Crippen molar-refractivity contribution in [2.45, 2.75) is 31.9 Å². The fourth-order valence-corrected chi connectivity index (χ4v) is 0.499. The third kappa shape index (κ3) is 3.96. The standard InChI is InChI=1S/C6H14O6/c1-3(7)5(10)12-6(11-2)4(8)9/h3-10H,1-2H3/t3-,5?,6?/m0/s1. The van der Waals surface area contributed by atoms with Crippen molar-refractivity contribution in [3.63, 3.8) is 0 Å². The Labute approximate surface area is 70.0 Å². The molecule has 0 saturated carbocycles. The van der Waals surface area contributed by atoms with Crippen molar-refractivity contribution in [2.75, 3.05) is 7.11 Å². The fraction of sp³-hybridized carbons (Fsp3) is 1.00. The summed E-state index contributed by atoms with van der Waals surface area (Å²) in [5.74, 6) is 0. The van der Waals surface area contributed by atoms with Crippen molar-refractivity contribution in [1.29, 1.82) is 0 Å². The van der Waals surface area contributed by atoms with E-state index in [1.807, 2.05) is 0 Å². The molecule has 12 heavy (non-hydrogen) atoms. The van der Waals surface area contributed by atoms with Crippen LogP contribution in [0, 0.1) is 0 Å². The van der Waals surface area contributed by atoms with Gasteiger partial charge in [0.05, 0.1) is 0 Å². The number of ether oxygens (including phenoxy) is 2. The first-order valence-corrected chi connectivity index (χ1v) is 3.39. The molecule has 74 valence electrons. The highest BCUT2D eigenvalue weighted by molar-refractivity contribution is 4.52. The van der Waals surface area contributed by atoms with E-state index in [-0.39, 0.29) is 0 Å². The van der Waals surface area contributed by atoms with Crippen molar-refractivity contribution in [3.05, 3.63) is 0 Å². The van der Waals surface area contributed by atoms with Gasteiger partial charge in [-0.05, 0) is 6.92 Å². The maximum atomic E-state index is 8.90. The summed E-state index contributed by atoms with van der Waals surface area (Å²) in [4.78, 5) is 0. The van der Waals surface area contributed by atoms with Gasteiger partial charge < -0.3 is 29.9 Å². The van der Waals surface area contributed by atoms with Gasteiger partial charge >= 0.3 is 0 Å². The van der Waals surface area contributed by atoms with Crippen molar-refractivity contribution < 1.29 is 29.9 Å². The van der Waals surface area contributed by atoms with Crippen LogP contribution >= 0.6 is 0 Å². The Morgan fingerprint density at radius 1 is 1.08 bits per heavy atom. The monoisotopic (exact) mass is 182 g/mol. The highest BCUT2D eigenvalue weighted by Crippen LogP contribution is 2.04. The Morgan fingerprint density at radius 2 is 1.58 bits per heavy atom. The molecule has 0 fully saturated rings. The number of aliphatic hydroxyl groups is 4. The van der Waals surface area contributed by atoms with E-state index in [4.69, 9.17) is 20.4 Å². The number of hydrogen-bond acceptors (Lipinski definition) is 6. The number of rotatable bonds is 5. The molecule has 6 nitrogen and oxygen atoms in total. The largest absolute Gasteiger partial charge is 0.388 e. The van der Waals surface area contributed by atoms with Crippen LogP contribution in [0.25, 0.3) is 0 Å². The molecule has 0 aromatic carbocycles. The normalized spacial score (nSPS) is 19.2. The average molecular weight is 182 g/mol. The molecule has 3 atom stereocenters. The molecule has 0 amide bonds. The second-order valence-electron chi connectivity index (χ2n) is 2.28. The predicted molar refractivity (Wildman–Crippen MR) is 37.8 cm³/mol. The molecule has 2 unspecified atom stereocenters. The Balaban J connectivity index is 3.85. The number of hydrogen-bond donors (Lipinski definition) is 4. The summed E-state index contributed by atoms with van der Waals surface area (Å²) >= 11 is 0.